The molecule has 17 nitrogen and oxygen atoms in total. The van der Waals surface area contributed by atoms with E-state index in [0.717, 1.165) is 0 Å². The van der Waals surface area contributed by atoms with E-state index < -0.39 is 96.9 Å². The molecule has 0 bridgehead atoms. The van der Waals surface area contributed by atoms with Crippen molar-refractivity contribution in [1.29, 1.82) is 0 Å². The van der Waals surface area contributed by atoms with Crippen molar-refractivity contribution in [2.45, 2.75) is 61.4 Å². The number of benzene rings is 2. The van der Waals surface area contributed by atoms with Gasteiger partial charge in [-0.15, -0.1) is 0 Å². The van der Waals surface area contributed by atoms with E-state index in [-0.39, 0.29) is 34.2 Å². The van der Waals surface area contributed by atoms with Crippen LogP contribution in [0.15, 0.2) is 39.5 Å². The molecule has 0 amide bonds. The lowest BCUT2D eigenvalue weighted by atomic mass is 9.97. The molecule has 2 saturated heterocycles. The second-order valence-electron chi connectivity index (χ2n) is 10.6. The van der Waals surface area contributed by atoms with Gasteiger partial charge in [-0.3, -0.25) is 4.79 Å². The minimum atomic E-state index is -1.94. The van der Waals surface area contributed by atoms with Gasteiger partial charge in [0.2, 0.25) is 23.2 Å². The standard InChI is InChI=1S/C29H34O17/c1-40-13-7-12-16(19(35)25(13)41-2)20(36)26(24(42-12)10-3-5-11(32)6-4-10)45-29-27(22(38)18(34)15(9-31)44-29)46-28-23(39)21(37)17(33)14(8-30)43-28/h3-7,14-15,17-18,21-23,27-35,37-39H,8-9H2,1-2H3/t14-,15-,17-,18+,21+,22+,23-,27-,28+,29+/m1/s1. The van der Waals surface area contributed by atoms with E-state index >= 15 is 0 Å². The summed E-state index contributed by atoms with van der Waals surface area (Å²) in [6.07, 6.45) is -17.7. The molecule has 9 N–H and O–H groups in total. The third-order valence-electron chi connectivity index (χ3n) is 7.79. The van der Waals surface area contributed by atoms with Crippen molar-refractivity contribution in [2.75, 3.05) is 27.4 Å². The van der Waals surface area contributed by atoms with Crippen molar-refractivity contribution in [3.05, 3.63) is 40.6 Å². The predicted molar refractivity (Wildman–Crippen MR) is 151 cm³/mol. The van der Waals surface area contributed by atoms with Crippen molar-refractivity contribution in [3.63, 3.8) is 0 Å². The van der Waals surface area contributed by atoms with Crippen LogP contribution in [0.1, 0.15) is 0 Å². The van der Waals surface area contributed by atoms with Gasteiger partial charge in [-0.05, 0) is 24.3 Å². The molecule has 1 aromatic heterocycles. The molecule has 10 atom stereocenters. The highest BCUT2D eigenvalue weighted by atomic mass is 16.8. The molecule has 0 saturated carbocycles. The Bertz CT molecular complexity index is 1570. The third kappa shape index (κ3) is 5.93. The van der Waals surface area contributed by atoms with Crippen LogP contribution in [0.25, 0.3) is 22.3 Å². The zero-order chi connectivity index (χ0) is 33.4. The van der Waals surface area contributed by atoms with Crippen LogP contribution in [0.3, 0.4) is 0 Å². The summed E-state index contributed by atoms with van der Waals surface area (Å²) < 4.78 is 39.1. The van der Waals surface area contributed by atoms with Crippen LogP contribution < -0.4 is 19.6 Å². The van der Waals surface area contributed by atoms with Crippen LogP contribution in [-0.4, -0.2) is 135 Å². The van der Waals surface area contributed by atoms with E-state index in [0.29, 0.717) is 0 Å². The first-order chi connectivity index (χ1) is 21.9. The minimum absolute atomic E-state index is 0.0208. The fraction of sp³-hybridized carbons (Fsp3) is 0.483. The second kappa shape index (κ2) is 13.5. The maximum Gasteiger partial charge on any atom is 0.239 e. The van der Waals surface area contributed by atoms with Gasteiger partial charge in [0.15, 0.2) is 29.7 Å². The van der Waals surface area contributed by atoms with Crippen LogP contribution in [0.4, 0.5) is 0 Å². The number of phenolic OH excluding ortho intramolecular Hbond substituents is 2. The van der Waals surface area contributed by atoms with Gasteiger partial charge in [-0.2, -0.15) is 0 Å². The van der Waals surface area contributed by atoms with Gasteiger partial charge in [-0.1, -0.05) is 0 Å². The smallest absolute Gasteiger partial charge is 0.239 e. The summed E-state index contributed by atoms with van der Waals surface area (Å²) in [7, 11) is 2.53. The van der Waals surface area contributed by atoms with Gasteiger partial charge in [0.25, 0.3) is 0 Å². The molecule has 5 rings (SSSR count). The number of aromatic hydroxyl groups is 2. The number of hydrogen-bond acceptors (Lipinski definition) is 17. The minimum Gasteiger partial charge on any atom is -0.508 e. The Hall–Kier alpha value is -3.75. The molecular weight excluding hydrogens is 620 g/mol. The zero-order valence-corrected chi connectivity index (χ0v) is 24.4. The topological polar surface area (TPSA) is 268 Å². The Balaban J connectivity index is 1.64. The molecule has 46 heavy (non-hydrogen) atoms. The normalized spacial score (nSPS) is 31.5. The van der Waals surface area contributed by atoms with Crippen molar-refractivity contribution in [1.82, 2.24) is 0 Å². The number of rotatable bonds is 9. The van der Waals surface area contributed by atoms with E-state index in [1.165, 1.54) is 44.6 Å². The van der Waals surface area contributed by atoms with Crippen LogP contribution in [0, 0.1) is 0 Å². The summed E-state index contributed by atoms with van der Waals surface area (Å²) in [5.41, 5.74) is -0.973. The van der Waals surface area contributed by atoms with Gasteiger partial charge >= 0.3 is 0 Å². The van der Waals surface area contributed by atoms with Gasteiger partial charge in [0.05, 0.1) is 27.4 Å². The number of hydrogen-bond donors (Lipinski definition) is 9. The van der Waals surface area contributed by atoms with Crippen LogP contribution in [0.5, 0.6) is 28.7 Å². The van der Waals surface area contributed by atoms with Crippen molar-refractivity contribution >= 4 is 11.0 Å². The van der Waals surface area contributed by atoms with Crippen molar-refractivity contribution in [2.24, 2.45) is 0 Å². The number of ether oxygens (including phenoxy) is 6. The Morgan fingerprint density at radius 1 is 0.761 bits per heavy atom. The molecule has 0 spiro atoms. The summed E-state index contributed by atoms with van der Waals surface area (Å²) in [6.45, 7) is -1.63. The molecule has 2 aliphatic heterocycles. The molecular formula is C29H34O17. The maximum atomic E-state index is 14.1. The molecule has 3 aromatic rings. The first-order valence-corrected chi connectivity index (χ1v) is 13.9. The molecule has 252 valence electrons. The molecule has 17 heteroatoms. The summed E-state index contributed by atoms with van der Waals surface area (Å²) in [4.78, 5) is 14.1. The highest BCUT2D eigenvalue weighted by molar-refractivity contribution is 5.91. The number of phenols is 2. The van der Waals surface area contributed by atoms with Crippen molar-refractivity contribution in [3.8, 4) is 40.1 Å². The van der Waals surface area contributed by atoms with E-state index in [9.17, 15) is 50.8 Å². The highest BCUT2D eigenvalue weighted by Crippen LogP contribution is 2.44. The van der Waals surface area contributed by atoms with Gasteiger partial charge < -0.3 is 78.8 Å². The zero-order valence-electron chi connectivity index (χ0n) is 24.4. The van der Waals surface area contributed by atoms with Crippen LogP contribution in [0.2, 0.25) is 0 Å². The first-order valence-electron chi connectivity index (χ1n) is 13.9. The summed E-state index contributed by atoms with van der Waals surface area (Å²) >= 11 is 0. The molecule has 0 aliphatic carbocycles. The average molecular weight is 655 g/mol. The van der Waals surface area contributed by atoms with Gasteiger partial charge in [-0.25, -0.2) is 0 Å². The first kappa shape index (κ1) is 33.6. The van der Waals surface area contributed by atoms with Gasteiger partial charge in [0, 0.05) is 11.6 Å². The summed E-state index contributed by atoms with van der Waals surface area (Å²) in [5, 5.41) is 92.4. The van der Waals surface area contributed by atoms with Crippen LogP contribution in [-0.2, 0) is 14.2 Å². The highest BCUT2D eigenvalue weighted by Gasteiger charge is 2.51. The maximum absolute atomic E-state index is 14.1. The third-order valence-corrected chi connectivity index (χ3v) is 7.79. The SMILES string of the molecule is COc1cc2oc(-c3ccc(O)cc3)c(O[C@@H]3O[C@H](CO)[C@H](O)[C@H](O)[C@H]3O[C@@H]3O[C@H](CO)[C@@H](O)[C@H](O)[C@H]3O)c(=O)c2c(O)c1OC. The Labute approximate surface area is 259 Å². The lowest BCUT2D eigenvalue weighted by Crippen LogP contribution is -2.65. The number of fused-ring (bicyclic) bond motifs is 1. The quantitative estimate of drug-likeness (QED) is 0.119. The fourth-order valence-corrected chi connectivity index (χ4v) is 5.28. The Morgan fingerprint density at radius 2 is 1.37 bits per heavy atom. The summed E-state index contributed by atoms with van der Waals surface area (Å²) in [5.74, 6) is -1.87. The predicted octanol–water partition coefficient (Wildman–Crippen LogP) is -2.11. The van der Waals surface area contributed by atoms with E-state index in [2.05, 4.69) is 0 Å². The lowest BCUT2D eigenvalue weighted by Gasteiger charge is -2.45. The van der Waals surface area contributed by atoms with Crippen molar-refractivity contribution < 1.29 is 78.8 Å². The fourth-order valence-electron chi connectivity index (χ4n) is 5.28. The number of methoxy groups -OCH3 is 2. The van der Waals surface area contributed by atoms with Gasteiger partial charge in [0.1, 0.15) is 59.4 Å². The Kier molecular flexibility index (Phi) is 9.89. The van der Waals surface area contributed by atoms with E-state index in [1.807, 2.05) is 0 Å². The molecule has 2 fully saturated rings. The molecule has 3 heterocycles. The lowest BCUT2D eigenvalue weighted by molar-refractivity contribution is -0.358. The number of aliphatic hydroxyl groups excluding tert-OH is 7. The molecule has 0 unspecified atom stereocenters. The molecule has 2 aromatic carbocycles. The second-order valence-corrected chi connectivity index (χ2v) is 10.6. The van der Waals surface area contributed by atoms with E-state index in [1.54, 1.807) is 0 Å². The van der Waals surface area contributed by atoms with Crippen LogP contribution >= 0.6 is 0 Å². The monoisotopic (exact) mass is 654 g/mol. The molecule has 0 radical (unpaired) electrons. The number of aliphatic hydroxyl groups is 7. The molecule has 2 aliphatic rings. The Morgan fingerprint density at radius 3 is 1.96 bits per heavy atom. The summed E-state index contributed by atoms with van der Waals surface area (Å²) in [6, 6.07) is 6.63. The van der Waals surface area contributed by atoms with E-state index in [4.69, 9.17) is 32.8 Å². The average Bonchev–Trinajstić information content (AvgIpc) is 3.05. The largest absolute Gasteiger partial charge is 0.508 e.